The van der Waals surface area contributed by atoms with Crippen molar-refractivity contribution in [1.82, 2.24) is 15.2 Å². The summed E-state index contributed by atoms with van der Waals surface area (Å²) < 4.78 is 0. The van der Waals surface area contributed by atoms with Gasteiger partial charge in [0.1, 0.15) is 0 Å². The van der Waals surface area contributed by atoms with Gasteiger partial charge in [0, 0.05) is 29.8 Å². The Bertz CT molecular complexity index is 376. The quantitative estimate of drug-likeness (QED) is 0.821. The van der Waals surface area contributed by atoms with Gasteiger partial charge in [-0.05, 0) is 6.07 Å². The first-order valence-corrected chi connectivity index (χ1v) is 5.07. The molecular weight excluding hydrogens is 198 g/mol. The van der Waals surface area contributed by atoms with E-state index in [0.717, 1.165) is 10.6 Å². The van der Waals surface area contributed by atoms with E-state index in [9.17, 15) is 5.11 Å². The Kier molecular flexibility index (Phi) is 2.81. The van der Waals surface area contributed by atoms with Crippen LogP contribution in [0.1, 0.15) is 16.7 Å². The van der Waals surface area contributed by atoms with Crippen LogP contribution in [0.2, 0.25) is 0 Å². The molecule has 0 amide bonds. The highest BCUT2D eigenvalue weighted by Gasteiger charge is 2.09. The van der Waals surface area contributed by atoms with Crippen molar-refractivity contribution in [1.29, 1.82) is 0 Å². The van der Waals surface area contributed by atoms with E-state index in [0.29, 0.717) is 6.42 Å². The number of aliphatic hydroxyl groups excluding tert-OH is 1. The van der Waals surface area contributed by atoms with Gasteiger partial charge in [-0.1, -0.05) is 0 Å². The maximum Gasteiger partial charge on any atom is 0.0954 e. The number of hydrogen-bond donors (Lipinski definition) is 1. The zero-order valence-electron chi connectivity index (χ0n) is 7.37. The first-order valence-electron chi connectivity index (χ1n) is 4.19. The Labute approximate surface area is 85.3 Å². The molecule has 2 aromatic heterocycles. The summed E-state index contributed by atoms with van der Waals surface area (Å²) in [4.78, 5) is 4.10. The highest BCUT2D eigenvalue weighted by molar-refractivity contribution is 7.09. The second kappa shape index (κ2) is 4.26. The summed E-state index contributed by atoms with van der Waals surface area (Å²) in [5, 5.41) is 20.0. The number of thiazole rings is 1. The molecule has 0 bridgehead atoms. The molecule has 0 radical (unpaired) electrons. The van der Waals surface area contributed by atoms with E-state index in [-0.39, 0.29) is 0 Å². The molecule has 14 heavy (non-hydrogen) atoms. The van der Waals surface area contributed by atoms with Gasteiger partial charge in [-0.2, -0.15) is 10.2 Å². The van der Waals surface area contributed by atoms with Crippen LogP contribution in [0.15, 0.2) is 30.0 Å². The fourth-order valence-electron chi connectivity index (χ4n) is 1.14. The topological polar surface area (TPSA) is 58.9 Å². The van der Waals surface area contributed by atoms with E-state index < -0.39 is 6.10 Å². The Morgan fingerprint density at radius 3 is 2.93 bits per heavy atom. The lowest BCUT2D eigenvalue weighted by Crippen LogP contribution is -2.02. The third-order valence-corrected chi connectivity index (χ3v) is 2.65. The molecule has 0 spiro atoms. The summed E-state index contributed by atoms with van der Waals surface area (Å²) in [5.74, 6) is 0. The van der Waals surface area contributed by atoms with Gasteiger partial charge in [0.15, 0.2) is 0 Å². The highest BCUT2D eigenvalue weighted by atomic mass is 32.1. The van der Waals surface area contributed by atoms with E-state index in [1.54, 1.807) is 24.7 Å². The van der Waals surface area contributed by atoms with Crippen LogP contribution >= 0.6 is 11.3 Å². The van der Waals surface area contributed by atoms with Crippen LogP contribution in [-0.4, -0.2) is 20.3 Å². The minimum absolute atomic E-state index is 0.531. The van der Waals surface area contributed by atoms with Crippen molar-refractivity contribution in [2.45, 2.75) is 12.5 Å². The van der Waals surface area contributed by atoms with Gasteiger partial charge in [0.2, 0.25) is 0 Å². The monoisotopic (exact) mass is 207 g/mol. The summed E-state index contributed by atoms with van der Waals surface area (Å²) >= 11 is 1.54. The average molecular weight is 207 g/mol. The zero-order valence-corrected chi connectivity index (χ0v) is 8.18. The summed E-state index contributed by atoms with van der Waals surface area (Å²) in [6.45, 7) is 0. The molecule has 4 nitrogen and oxygen atoms in total. The highest BCUT2D eigenvalue weighted by Crippen LogP contribution is 2.17. The maximum absolute atomic E-state index is 9.79. The van der Waals surface area contributed by atoms with Crippen molar-refractivity contribution >= 4 is 11.3 Å². The first-order chi connectivity index (χ1) is 6.86. The zero-order chi connectivity index (χ0) is 9.80. The van der Waals surface area contributed by atoms with Gasteiger partial charge in [0.05, 0.1) is 17.3 Å². The summed E-state index contributed by atoms with van der Waals surface area (Å²) in [6.07, 6.45) is 4.86. The molecule has 72 valence electrons. The normalized spacial score (nSPS) is 12.6. The van der Waals surface area contributed by atoms with Crippen molar-refractivity contribution in [2.24, 2.45) is 0 Å². The van der Waals surface area contributed by atoms with Crippen LogP contribution in [0.25, 0.3) is 0 Å². The minimum Gasteiger partial charge on any atom is -0.388 e. The van der Waals surface area contributed by atoms with Crippen molar-refractivity contribution in [3.8, 4) is 0 Å². The van der Waals surface area contributed by atoms with Gasteiger partial charge in [0.25, 0.3) is 0 Å². The number of aromatic nitrogens is 3. The van der Waals surface area contributed by atoms with E-state index in [2.05, 4.69) is 15.2 Å². The molecule has 5 heteroatoms. The van der Waals surface area contributed by atoms with Crippen molar-refractivity contribution < 1.29 is 5.11 Å². The molecule has 0 saturated carbocycles. The van der Waals surface area contributed by atoms with Crippen molar-refractivity contribution in [3.05, 3.63) is 40.6 Å². The number of hydrogen-bond acceptors (Lipinski definition) is 5. The van der Waals surface area contributed by atoms with Gasteiger partial charge in [-0.15, -0.1) is 11.3 Å². The molecule has 2 aromatic rings. The molecular formula is C9H9N3OS. The maximum atomic E-state index is 9.79. The molecule has 0 fully saturated rings. The summed E-state index contributed by atoms with van der Waals surface area (Å²) in [5.41, 5.74) is 0.773. The van der Waals surface area contributed by atoms with Gasteiger partial charge in [-0.3, -0.25) is 0 Å². The molecule has 0 aliphatic heterocycles. The Hall–Kier alpha value is -1.33. The van der Waals surface area contributed by atoms with Crippen LogP contribution in [0.3, 0.4) is 0 Å². The lowest BCUT2D eigenvalue weighted by Gasteiger charge is -2.07. The lowest BCUT2D eigenvalue weighted by molar-refractivity contribution is 0.177. The number of rotatable bonds is 3. The molecule has 1 N–H and O–H groups in total. The predicted molar refractivity (Wildman–Crippen MR) is 52.8 cm³/mol. The molecule has 0 aliphatic carbocycles. The largest absolute Gasteiger partial charge is 0.388 e. The molecule has 2 heterocycles. The van der Waals surface area contributed by atoms with Crippen molar-refractivity contribution in [2.75, 3.05) is 0 Å². The first kappa shape index (κ1) is 9.23. The Balaban J connectivity index is 2.07. The Morgan fingerprint density at radius 1 is 1.36 bits per heavy atom. The van der Waals surface area contributed by atoms with Crippen LogP contribution < -0.4 is 0 Å². The number of nitrogens with zero attached hydrogens (tertiary/aromatic N) is 3. The summed E-state index contributed by atoms with van der Waals surface area (Å²) in [7, 11) is 0. The molecule has 1 atom stereocenters. The van der Waals surface area contributed by atoms with Gasteiger partial charge >= 0.3 is 0 Å². The van der Waals surface area contributed by atoms with E-state index >= 15 is 0 Å². The molecule has 1 unspecified atom stereocenters. The fraction of sp³-hybridized carbons (Fsp3) is 0.222. The SMILES string of the molecule is OC(Cc1nccs1)c1ccnnc1. The second-order valence-electron chi connectivity index (χ2n) is 2.82. The third kappa shape index (κ3) is 2.12. The summed E-state index contributed by atoms with van der Waals surface area (Å²) in [6, 6.07) is 1.76. The third-order valence-electron chi connectivity index (χ3n) is 1.84. The predicted octanol–water partition coefficient (Wildman–Crippen LogP) is 1.21. The fourth-order valence-corrected chi connectivity index (χ4v) is 1.79. The van der Waals surface area contributed by atoms with Crippen LogP contribution in [-0.2, 0) is 6.42 Å². The van der Waals surface area contributed by atoms with Crippen LogP contribution in [0.4, 0.5) is 0 Å². The average Bonchev–Trinajstić information content (AvgIpc) is 2.72. The smallest absolute Gasteiger partial charge is 0.0954 e. The van der Waals surface area contributed by atoms with E-state index in [4.69, 9.17) is 0 Å². The molecule has 0 aliphatic rings. The lowest BCUT2D eigenvalue weighted by atomic mass is 10.1. The van der Waals surface area contributed by atoms with Gasteiger partial charge in [-0.25, -0.2) is 4.98 Å². The second-order valence-corrected chi connectivity index (χ2v) is 3.80. The van der Waals surface area contributed by atoms with Crippen molar-refractivity contribution in [3.63, 3.8) is 0 Å². The molecule has 0 saturated heterocycles. The molecule has 0 aromatic carbocycles. The van der Waals surface area contributed by atoms with Gasteiger partial charge < -0.3 is 5.11 Å². The Morgan fingerprint density at radius 2 is 2.29 bits per heavy atom. The number of aliphatic hydroxyl groups is 1. The van der Waals surface area contributed by atoms with Crippen LogP contribution in [0, 0.1) is 0 Å². The van der Waals surface area contributed by atoms with E-state index in [1.807, 2.05) is 5.38 Å². The van der Waals surface area contributed by atoms with E-state index in [1.165, 1.54) is 11.3 Å². The minimum atomic E-state index is -0.545. The standard InChI is InChI=1S/C9H9N3OS/c13-8(5-9-10-3-4-14-9)7-1-2-11-12-6-7/h1-4,6,8,13H,5H2. The molecule has 2 rings (SSSR count). The van der Waals surface area contributed by atoms with Crippen LogP contribution in [0.5, 0.6) is 0 Å².